The van der Waals surface area contributed by atoms with E-state index in [0.717, 1.165) is 0 Å². The highest BCUT2D eigenvalue weighted by Gasteiger charge is 1.89. The number of hydrogen-bond acceptors (Lipinski definition) is 3. The van der Waals surface area contributed by atoms with Crippen molar-refractivity contribution in [2.75, 3.05) is 0 Å². The zero-order valence-corrected chi connectivity index (χ0v) is 4.52. The Bertz CT molecular complexity index is 283. The van der Waals surface area contributed by atoms with Crippen LogP contribution in [0, 0.1) is 6.07 Å². The van der Waals surface area contributed by atoms with Crippen molar-refractivity contribution in [3.8, 4) is 0 Å². The smallest absolute Gasteiger partial charge is 0.187 e. The van der Waals surface area contributed by atoms with Crippen molar-refractivity contribution in [1.82, 2.24) is 20.0 Å². The quantitative estimate of drug-likeness (QED) is 0.487. The fourth-order valence-corrected chi connectivity index (χ4v) is 0.636. The summed E-state index contributed by atoms with van der Waals surface area (Å²) in [5, 5.41) is 10.7. The van der Waals surface area contributed by atoms with Crippen LogP contribution in [0.5, 0.6) is 0 Å². The molecule has 0 aliphatic rings. The Morgan fingerprint density at radius 2 is 2.56 bits per heavy atom. The van der Waals surface area contributed by atoms with Gasteiger partial charge in [-0.25, -0.2) is 4.52 Å². The van der Waals surface area contributed by atoms with Crippen LogP contribution in [0.25, 0.3) is 5.65 Å². The van der Waals surface area contributed by atoms with Gasteiger partial charge in [0.25, 0.3) is 0 Å². The Labute approximate surface area is 51.1 Å². The molecule has 2 rings (SSSR count). The highest BCUT2D eigenvalue weighted by Crippen LogP contribution is 1.90. The third-order valence-electron chi connectivity index (χ3n) is 1.03. The van der Waals surface area contributed by atoms with Crippen molar-refractivity contribution in [3.05, 3.63) is 24.4 Å². The first-order chi connectivity index (χ1) is 4.47. The van der Waals surface area contributed by atoms with Gasteiger partial charge in [0.05, 0.1) is 0 Å². The molecule has 43 valence electrons. The second kappa shape index (κ2) is 1.51. The van der Waals surface area contributed by atoms with Gasteiger partial charge >= 0.3 is 0 Å². The molecule has 9 heavy (non-hydrogen) atoms. The number of aromatic nitrogens is 4. The fraction of sp³-hybridized carbons (Fsp3) is 0. The maximum absolute atomic E-state index is 3.66. The van der Waals surface area contributed by atoms with Crippen molar-refractivity contribution < 1.29 is 0 Å². The van der Waals surface area contributed by atoms with E-state index in [9.17, 15) is 0 Å². The first kappa shape index (κ1) is 4.43. The minimum absolute atomic E-state index is 0.650. The van der Waals surface area contributed by atoms with Crippen molar-refractivity contribution in [1.29, 1.82) is 0 Å². The van der Waals surface area contributed by atoms with Gasteiger partial charge in [-0.15, -0.1) is 5.10 Å². The van der Waals surface area contributed by atoms with Gasteiger partial charge in [0.2, 0.25) is 0 Å². The largest absolute Gasteiger partial charge is 0.200 e. The third-order valence-corrected chi connectivity index (χ3v) is 1.03. The molecule has 0 atom stereocenters. The highest BCUT2D eigenvalue weighted by atomic mass is 15.5. The molecule has 0 saturated carbocycles. The molecule has 0 N–H and O–H groups in total. The number of rotatable bonds is 0. The van der Waals surface area contributed by atoms with E-state index < -0.39 is 0 Å². The molecule has 0 amide bonds. The Balaban J connectivity index is 2.95. The normalized spacial score (nSPS) is 10.2. The third kappa shape index (κ3) is 0.561. The Kier molecular flexibility index (Phi) is 0.745. The summed E-state index contributed by atoms with van der Waals surface area (Å²) in [6, 6.07) is 6.45. The van der Waals surface area contributed by atoms with Gasteiger partial charge in [0.15, 0.2) is 5.65 Å². The van der Waals surface area contributed by atoms with Gasteiger partial charge in [0.1, 0.15) is 0 Å². The number of hydrogen-bond donors (Lipinski definition) is 0. The molecule has 0 fully saturated rings. The van der Waals surface area contributed by atoms with E-state index in [2.05, 4.69) is 21.6 Å². The molecule has 0 saturated heterocycles. The number of pyridine rings is 1. The summed E-state index contributed by atoms with van der Waals surface area (Å²) in [5.41, 5.74) is 0.650. The first-order valence-electron chi connectivity index (χ1n) is 2.51. The minimum Gasteiger partial charge on any atom is -0.200 e. The maximum Gasteiger partial charge on any atom is 0.187 e. The molecule has 4 heteroatoms. The summed E-state index contributed by atoms with van der Waals surface area (Å²) in [5.74, 6) is 0. The zero-order valence-electron chi connectivity index (χ0n) is 4.52. The standard InChI is InChI=1S/C5H3N4/c1-2-4-9-5(3-1)6-7-8-9/h1-2,4H. The predicted octanol–water partition coefficient (Wildman–Crippen LogP) is -0.0755. The molecule has 2 aromatic heterocycles. The molecular formula is C5H3N4. The van der Waals surface area contributed by atoms with E-state index in [0.29, 0.717) is 5.65 Å². The summed E-state index contributed by atoms with van der Waals surface area (Å²) >= 11 is 0. The van der Waals surface area contributed by atoms with Gasteiger partial charge in [-0.05, 0) is 22.6 Å². The molecule has 0 aliphatic carbocycles. The van der Waals surface area contributed by atoms with Crippen LogP contribution in [0.3, 0.4) is 0 Å². The number of tetrazole rings is 1. The van der Waals surface area contributed by atoms with Crippen molar-refractivity contribution in [3.63, 3.8) is 0 Å². The Hall–Kier alpha value is -1.45. The summed E-state index contributed by atoms with van der Waals surface area (Å²) in [6.07, 6.45) is 1.77. The molecule has 0 aliphatic heterocycles. The average Bonchev–Trinajstić information content (AvgIpc) is 2.33. The lowest BCUT2D eigenvalue weighted by Crippen LogP contribution is -1.83. The molecule has 0 unspecified atom stereocenters. The molecule has 1 radical (unpaired) electrons. The van der Waals surface area contributed by atoms with E-state index in [-0.39, 0.29) is 0 Å². The second-order valence-electron chi connectivity index (χ2n) is 1.60. The molecule has 4 nitrogen and oxygen atoms in total. The van der Waals surface area contributed by atoms with Crippen molar-refractivity contribution in [2.45, 2.75) is 0 Å². The van der Waals surface area contributed by atoms with Crippen molar-refractivity contribution in [2.24, 2.45) is 0 Å². The number of fused-ring (bicyclic) bond motifs is 1. The minimum atomic E-state index is 0.650. The highest BCUT2D eigenvalue weighted by molar-refractivity contribution is 5.31. The van der Waals surface area contributed by atoms with Gasteiger partial charge in [-0.1, -0.05) is 0 Å². The number of nitrogens with zero attached hydrogens (tertiary/aromatic N) is 4. The summed E-state index contributed by atoms with van der Waals surface area (Å²) in [6.45, 7) is 0. The van der Waals surface area contributed by atoms with E-state index in [1.807, 2.05) is 6.07 Å². The Morgan fingerprint density at radius 3 is 3.44 bits per heavy atom. The van der Waals surface area contributed by atoms with Crippen LogP contribution in [0.4, 0.5) is 0 Å². The molecule has 0 spiro atoms. The topological polar surface area (TPSA) is 43.1 Å². The van der Waals surface area contributed by atoms with E-state index >= 15 is 0 Å². The second-order valence-corrected chi connectivity index (χ2v) is 1.60. The van der Waals surface area contributed by atoms with Crippen molar-refractivity contribution >= 4 is 5.65 Å². The molecule has 2 heterocycles. The van der Waals surface area contributed by atoms with Gasteiger partial charge in [-0.2, -0.15) is 0 Å². The van der Waals surface area contributed by atoms with Gasteiger partial charge in [-0.3, -0.25) is 0 Å². The summed E-state index contributed by atoms with van der Waals surface area (Å²) in [7, 11) is 0. The van der Waals surface area contributed by atoms with Gasteiger partial charge < -0.3 is 0 Å². The van der Waals surface area contributed by atoms with E-state index in [1.54, 1.807) is 16.8 Å². The van der Waals surface area contributed by atoms with Gasteiger partial charge in [0, 0.05) is 12.3 Å². The molecule has 0 aromatic carbocycles. The lowest BCUT2D eigenvalue weighted by atomic mass is 10.5. The van der Waals surface area contributed by atoms with Crippen LogP contribution in [-0.2, 0) is 0 Å². The van der Waals surface area contributed by atoms with Crippen LogP contribution in [-0.4, -0.2) is 20.0 Å². The SMILES string of the molecule is [c]1cccn2nnnc12. The Morgan fingerprint density at radius 1 is 1.56 bits per heavy atom. The fourth-order valence-electron chi connectivity index (χ4n) is 0.636. The zero-order chi connectivity index (χ0) is 6.10. The van der Waals surface area contributed by atoms with Crippen LogP contribution < -0.4 is 0 Å². The average molecular weight is 119 g/mol. The lowest BCUT2D eigenvalue weighted by molar-refractivity contribution is 0.823. The maximum atomic E-state index is 3.66. The van der Waals surface area contributed by atoms with E-state index in [4.69, 9.17) is 0 Å². The van der Waals surface area contributed by atoms with Crippen LogP contribution in [0.2, 0.25) is 0 Å². The lowest BCUT2D eigenvalue weighted by Gasteiger charge is -1.81. The molecular weight excluding hydrogens is 116 g/mol. The molecule has 2 aromatic rings. The summed E-state index contributed by atoms with van der Waals surface area (Å²) < 4.78 is 1.56. The van der Waals surface area contributed by atoms with E-state index in [1.165, 1.54) is 0 Å². The van der Waals surface area contributed by atoms with Crippen LogP contribution in [0.15, 0.2) is 18.3 Å². The first-order valence-corrected chi connectivity index (χ1v) is 2.51. The predicted molar refractivity (Wildman–Crippen MR) is 29.6 cm³/mol. The molecule has 0 bridgehead atoms. The van der Waals surface area contributed by atoms with Crippen LogP contribution >= 0.6 is 0 Å². The summed E-state index contributed by atoms with van der Waals surface area (Å²) in [4.78, 5) is 0. The van der Waals surface area contributed by atoms with Crippen LogP contribution in [0.1, 0.15) is 0 Å². The monoisotopic (exact) mass is 119 g/mol.